The fourth-order valence-electron chi connectivity index (χ4n) is 0.936. The van der Waals surface area contributed by atoms with Crippen LogP contribution >= 0.6 is 0 Å². The minimum atomic E-state index is -1.87. The molecular weight excluding hydrogens is 124 g/mol. The molecule has 8 heavy (non-hydrogen) atoms. The Bertz CT molecular complexity index is 184. The molecule has 1 fully saturated rings. The van der Waals surface area contributed by atoms with Gasteiger partial charge < -0.3 is 0 Å². The molecular formula is C5H8O2S. The first kappa shape index (κ1) is 5.82. The van der Waals surface area contributed by atoms with E-state index in [0.717, 1.165) is 25.7 Å². The molecule has 0 aliphatic heterocycles. The van der Waals surface area contributed by atoms with Gasteiger partial charge in [0.05, 0.1) is 0 Å². The van der Waals surface area contributed by atoms with Crippen molar-refractivity contribution in [3.63, 3.8) is 0 Å². The summed E-state index contributed by atoms with van der Waals surface area (Å²) in [4.78, 5) is 0.713. The highest BCUT2D eigenvalue weighted by Crippen LogP contribution is 2.12. The molecule has 0 spiro atoms. The van der Waals surface area contributed by atoms with Gasteiger partial charge in [0.25, 0.3) is 0 Å². The summed E-state index contributed by atoms with van der Waals surface area (Å²) in [7, 11) is -1.87. The first-order chi connectivity index (χ1) is 3.80. The van der Waals surface area contributed by atoms with Crippen molar-refractivity contribution in [2.24, 2.45) is 0 Å². The van der Waals surface area contributed by atoms with E-state index in [0.29, 0.717) is 4.86 Å². The average molecular weight is 132 g/mol. The smallest absolute Gasteiger partial charge is 0.185 e. The Morgan fingerprint density at radius 2 is 1.62 bits per heavy atom. The van der Waals surface area contributed by atoms with Crippen LogP contribution in [0.1, 0.15) is 25.7 Å². The van der Waals surface area contributed by atoms with E-state index < -0.39 is 10.3 Å². The van der Waals surface area contributed by atoms with Crippen molar-refractivity contribution in [3.05, 3.63) is 0 Å². The van der Waals surface area contributed by atoms with Crippen LogP contribution in [0.3, 0.4) is 0 Å². The standard InChI is InChI=1S/C5H8O2S/c6-8(7)5-3-1-2-4-5/h1-4H2. The lowest BCUT2D eigenvalue weighted by atomic mass is 10.4. The molecule has 1 aliphatic carbocycles. The van der Waals surface area contributed by atoms with Crippen LogP contribution in [0.5, 0.6) is 0 Å². The van der Waals surface area contributed by atoms with Gasteiger partial charge >= 0.3 is 0 Å². The van der Waals surface area contributed by atoms with Gasteiger partial charge in [0.1, 0.15) is 0 Å². The van der Waals surface area contributed by atoms with Crippen molar-refractivity contribution in [2.75, 3.05) is 0 Å². The Balaban J connectivity index is 2.88. The van der Waals surface area contributed by atoms with E-state index in [1.807, 2.05) is 0 Å². The van der Waals surface area contributed by atoms with E-state index in [-0.39, 0.29) is 0 Å². The highest BCUT2D eigenvalue weighted by molar-refractivity contribution is 7.73. The Hall–Kier alpha value is -0.310. The van der Waals surface area contributed by atoms with E-state index in [9.17, 15) is 8.42 Å². The van der Waals surface area contributed by atoms with Crippen LogP contribution in [0.2, 0.25) is 0 Å². The lowest BCUT2D eigenvalue weighted by Gasteiger charge is -1.77. The van der Waals surface area contributed by atoms with Crippen LogP contribution in [-0.4, -0.2) is 13.3 Å². The fourth-order valence-corrected chi connectivity index (χ4v) is 1.56. The minimum absolute atomic E-state index is 0.713. The van der Waals surface area contributed by atoms with Gasteiger partial charge in [-0.15, -0.1) is 0 Å². The van der Waals surface area contributed by atoms with Crippen molar-refractivity contribution in [2.45, 2.75) is 25.7 Å². The predicted octanol–water partition coefficient (Wildman–Crippen LogP) is 0.612. The molecule has 0 atom stereocenters. The Kier molecular flexibility index (Phi) is 1.68. The molecule has 0 unspecified atom stereocenters. The van der Waals surface area contributed by atoms with Gasteiger partial charge in [-0.3, -0.25) is 0 Å². The van der Waals surface area contributed by atoms with E-state index in [4.69, 9.17) is 0 Å². The van der Waals surface area contributed by atoms with Crippen LogP contribution in [-0.2, 0) is 10.3 Å². The van der Waals surface area contributed by atoms with Crippen LogP contribution in [0.15, 0.2) is 0 Å². The van der Waals surface area contributed by atoms with Gasteiger partial charge in [-0.1, -0.05) is 0 Å². The summed E-state index contributed by atoms with van der Waals surface area (Å²) in [5, 5.41) is 0. The van der Waals surface area contributed by atoms with Gasteiger partial charge in [-0.05, 0) is 25.7 Å². The van der Waals surface area contributed by atoms with Gasteiger partial charge in [-0.2, -0.15) is 8.42 Å². The Labute approximate surface area is 50.1 Å². The number of hydrogen-bond donors (Lipinski definition) is 0. The molecule has 0 N–H and O–H groups in total. The number of hydrogen-bond acceptors (Lipinski definition) is 2. The fraction of sp³-hybridized carbons (Fsp3) is 0.800. The van der Waals surface area contributed by atoms with Crippen LogP contribution in [0.25, 0.3) is 0 Å². The third kappa shape index (κ3) is 1.10. The molecule has 0 bridgehead atoms. The third-order valence-electron chi connectivity index (χ3n) is 1.40. The summed E-state index contributed by atoms with van der Waals surface area (Å²) in [6.07, 6.45) is 3.72. The average Bonchev–Trinajstić information content (AvgIpc) is 2.12. The highest BCUT2D eigenvalue weighted by atomic mass is 32.2. The second kappa shape index (κ2) is 2.31. The van der Waals surface area contributed by atoms with Crippen molar-refractivity contribution in [1.82, 2.24) is 0 Å². The summed E-state index contributed by atoms with van der Waals surface area (Å²) in [6, 6.07) is 0. The molecule has 0 radical (unpaired) electrons. The number of rotatable bonds is 0. The minimum Gasteiger partial charge on any atom is -0.185 e. The van der Waals surface area contributed by atoms with Crippen LogP contribution < -0.4 is 0 Å². The molecule has 0 amide bonds. The maximum absolute atomic E-state index is 10.2. The monoisotopic (exact) mass is 132 g/mol. The SMILES string of the molecule is O=S(=O)=C1CCCC1. The summed E-state index contributed by atoms with van der Waals surface area (Å²) >= 11 is 0. The van der Waals surface area contributed by atoms with Gasteiger partial charge in [0.15, 0.2) is 0 Å². The molecule has 0 aromatic rings. The van der Waals surface area contributed by atoms with Gasteiger partial charge in [0.2, 0.25) is 10.3 Å². The van der Waals surface area contributed by atoms with Crippen LogP contribution in [0, 0.1) is 0 Å². The molecule has 2 nitrogen and oxygen atoms in total. The van der Waals surface area contributed by atoms with Gasteiger partial charge in [-0.25, -0.2) is 0 Å². The van der Waals surface area contributed by atoms with Crippen molar-refractivity contribution >= 4 is 15.2 Å². The normalized spacial score (nSPS) is 19.2. The predicted molar refractivity (Wildman–Crippen MR) is 32.4 cm³/mol. The topological polar surface area (TPSA) is 34.1 Å². The first-order valence-corrected chi connectivity index (χ1v) is 3.82. The molecule has 0 heterocycles. The maximum Gasteiger partial charge on any atom is 0.213 e. The van der Waals surface area contributed by atoms with Crippen molar-refractivity contribution in [3.8, 4) is 0 Å². The molecule has 0 aromatic heterocycles. The molecule has 1 saturated carbocycles. The van der Waals surface area contributed by atoms with E-state index >= 15 is 0 Å². The third-order valence-corrected chi connectivity index (χ3v) is 2.28. The molecule has 1 aliphatic rings. The van der Waals surface area contributed by atoms with Gasteiger partial charge in [0, 0.05) is 4.86 Å². The van der Waals surface area contributed by atoms with Crippen molar-refractivity contribution < 1.29 is 8.42 Å². The highest BCUT2D eigenvalue weighted by Gasteiger charge is 2.08. The molecule has 0 saturated heterocycles. The zero-order chi connectivity index (χ0) is 5.98. The first-order valence-electron chi connectivity index (χ1n) is 2.74. The van der Waals surface area contributed by atoms with Crippen LogP contribution in [0.4, 0.5) is 0 Å². The Morgan fingerprint density at radius 1 is 1.12 bits per heavy atom. The van der Waals surface area contributed by atoms with E-state index in [1.165, 1.54) is 0 Å². The van der Waals surface area contributed by atoms with E-state index in [1.54, 1.807) is 0 Å². The molecule has 1 rings (SSSR count). The largest absolute Gasteiger partial charge is 0.213 e. The second-order valence-electron chi connectivity index (χ2n) is 1.98. The second-order valence-corrected chi connectivity index (χ2v) is 3.03. The quantitative estimate of drug-likeness (QED) is 0.452. The summed E-state index contributed by atoms with van der Waals surface area (Å²) < 4.78 is 20.3. The lowest BCUT2D eigenvalue weighted by Crippen LogP contribution is -1.87. The summed E-state index contributed by atoms with van der Waals surface area (Å²) in [6.45, 7) is 0. The zero-order valence-electron chi connectivity index (χ0n) is 4.55. The maximum atomic E-state index is 10.2. The summed E-state index contributed by atoms with van der Waals surface area (Å²) in [5.74, 6) is 0. The van der Waals surface area contributed by atoms with Crippen molar-refractivity contribution in [1.29, 1.82) is 0 Å². The molecule has 0 aromatic carbocycles. The lowest BCUT2D eigenvalue weighted by molar-refractivity contribution is 0.626. The molecule has 3 heteroatoms. The Morgan fingerprint density at radius 3 is 1.88 bits per heavy atom. The molecule has 46 valence electrons. The zero-order valence-corrected chi connectivity index (χ0v) is 5.37. The van der Waals surface area contributed by atoms with E-state index in [2.05, 4.69) is 0 Å². The summed E-state index contributed by atoms with van der Waals surface area (Å²) in [5.41, 5.74) is 0.